The first-order valence-electron chi connectivity index (χ1n) is 2.12. The Labute approximate surface area is 81.6 Å². The Kier molecular flexibility index (Phi) is 3.25. The number of rotatable bonds is 1. The van der Waals surface area contributed by atoms with Gasteiger partial charge in [-0.25, -0.2) is 13.6 Å². The van der Waals surface area contributed by atoms with Crippen LogP contribution in [0.2, 0.25) is 0 Å². The molecule has 0 amide bonds. The molecule has 0 saturated heterocycles. The molecule has 8 heavy (non-hydrogen) atoms. The van der Waals surface area contributed by atoms with Crippen LogP contribution >= 0.6 is 0 Å². The van der Waals surface area contributed by atoms with Crippen LogP contribution in [0, 0.1) is 0 Å². The second-order valence-electron chi connectivity index (χ2n) is 1.79. The van der Waals surface area contributed by atoms with Crippen LogP contribution in [-0.4, -0.2) is 51.4 Å². The molecule has 2 N–H and O–H groups in total. The average molecular weight is 163 g/mol. The largest absolute Gasteiger partial charge is 2.00 e. The normalized spacial score (nSPS) is 19.6. The van der Waals surface area contributed by atoms with Crippen molar-refractivity contribution in [3.05, 3.63) is 0 Å². The zero-order valence-electron chi connectivity index (χ0n) is 6.50. The van der Waals surface area contributed by atoms with Crippen LogP contribution in [0.1, 0.15) is 15.7 Å². The predicted molar refractivity (Wildman–Crippen MR) is 34.1 cm³/mol. The second kappa shape index (κ2) is 2.84. The van der Waals surface area contributed by atoms with Gasteiger partial charge < -0.3 is 2.85 Å². The van der Waals surface area contributed by atoms with Crippen LogP contribution in [0.3, 0.4) is 0 Å². The van der Waals surface area contributed by atoms with Gasteiger partial charge in [0.2, 0.25) is 10.0 Å². The van der Waals surface area contributed by atoms with E-state index < -0.39 is 10.0 Å². The monoisotopic (exact) mass is 163 g/mol. The van der Waals surface area contributed by atoms with Crippen molar-refractivity contribution in [2.75, 3.05) is 0 Å². The van der Waals surface area contributed by atoms with Gasteiger partial charge in [0.1, 0.15) is 0 Å². The van der Waals surface area contributed by atoms with E-state index in [-0.39, 0.29) is 45.8 Å². The summed E-state index contributed by atoms with van der Waals surface area (Å²) in [5.74, 6) is 0. The maximum Gasteiger partial charge on any atom is 2.00 e. The fourth-order valence-electron chi connectivity index (χ4n) is 0.397. The Hall–Kier alpha value is 1.17. The molecule has 3 nitrogen and oxygen atoms in total. The summed E-state index contributed by atoms with van der Waals surface area (Å²) in [6.45, 7) is 0. The summed E-state index contributed by atoms with van der Waals surface area (Å²) in [7, 11) is -3.13. The van der Waals surface area contributed by atoms with Crippen molar-refractivity contribution in [3.63, 3.8) is 0 Å². The number of nitrogens with two attached hydrogens (primary N) is 1. The van der Waals surface area contributed by atoms with E-state index in [2.05, 4.69) is 0 Å². The van der Waals surface area contributed by atoms with Crippen molar-refractivity contribution >= 4 is 47.8 Å². The van der Waals surface area contributed by atoms with Gasteiger partial charge in [-0.2, -0.15) is 0 Å². The van der Waals surface area contributed by atoms with E-state index in [0.29, 0.717) is 0 Å². The van der Waals surface area contributed by atoms with Gasteiger partial charge >= 0.3 is 37.7 Å². The molecule has 1 aliphatic carbocycles. The smallest absolute Gasteiger partial charge is 1.00 e. The minimum Gasteiger partial charge on any atom is -1.00 e. The van der Waals surface area contributed by atoms with Gasteiger partial charge in [-0.3, -0.25) is 0 Å². The van der Waals surface area contributed by atoms with Gasteiger partial charge in [0.15, 0.2) is 0 Å². The molecule has 1 fully saturated rings. The average Bonchev–Trinajstić information content (AvgIpc) is 1.99. The van der Waals surface area contributed by atoms with Gasteiger partial charge in [0, 0.05) is 0 Å². The molecule has 0 atom stereocenters. The zero-order valence-corrected chi connectivity index (χ0v) is 7.53. The van der Waals surface area contributed by atoms with Gasteiger partial charge in [0.05, 0.1) is 5.25 Å². The number of hydrogen-bond acceptors (Lipinski definition) is 2. The van der Waals surface area contributed by atoms with E-state index in [9.17, 15) is 8.42 Å². The number of primary sulfonamides is 1. The predicted octanol–water partition coefficient (Wildman–Crippen LogP) is -0.718. The molecule has 0 bridgehead atoms. The number of sulfonamides is 1. The van der Waals surface area contributed by atoms with E-state index in [1.54, 1.807) is 0 Å². The van der Waals surface area contributed by atoms with Crippen molar-refractivity contribution in [2.45, 2.75) is 18.1 Å². The summed E-state index contributed by atoms with van der Waals surface area (Å²) in [6, 6.07) is 0. The maximum absolute atomic E-state index is 10.2. The first-order chi connectivity index (χ1) is 3.11. The molecule has 0 aliphatic heterocycles. The van der Waals surface area contributed by atoms with Gasteiger partial charge in [-0.1, -0.05) is 0 Å². The van der Waals surface area contributed by atoms with Crippen molar-refractivity contribution < 1.29 is 11.3 Å². The molecular weight excluding hydrogens is 154 g/mol. The maximum atomic E-state index is 10.2. The molecule has 5 heteroatoms. The Bertz CT molecular complexity index is 167. The molecule has 0 aromatic carbocycles. The van der Waals surface area contributed by atoms with Crippen molar-refractivity contribution in [3.8, 4) is 0 Å². The SMILES string of the molecule is NS(=O)(=O)C1CC1.[Ca+2].[H-].[H-]. The van der Waals surface area contributed by atoms with E-state index in [0.717, 1.165) is 12.8 Å². The fraction of sp³-hybridized carbons (Fsp3) is 1.00. The Balaban J connectivity index is -0.000000163. The van der Waals surface area contributed by atoms with Crippen LogP contribution in [0.15, 0.2) is 0 Å². The van der Waals surface area contributed by atoms with E-state index in [1.807, 2.05) is 0 Å². The summed E-state index contributed by atoms with van der Waals surface area (Å²) >= 11 is 0. The standard InChI is InChI=1S/C3H7NO2S.Ca.2H/c4-7(5,6)3-1-2-3;;;/h3H,1-2H2,(H2,4,5,6);;;/q;+2;2*-1. The third kappa shape index (κ3) is 2.64. The molecule has 1 aliphatic rings. The summed E-state index contributed by atoms with van der Waals surface area (Å²) in [5, 5.41) is 4.51. The minimum atomic E-state index is -3.13. The Morgan fingerprint density at radius 2 is 1.88 bits per heavy atom. The second-order valence-corrected chi connectivity index (χ2v) is 3.63. The van der Waals surface area contributed by atoms with E-state index >= 15 is 0 Å². The topological polar surface area (TPSA) is 60.2 Å². The molecule has 46 valence electrons. The third-order valence-corrected chi connectivity index (χ3v) is 2.39. The van der Waals surface area contributed by atoms with Crippen LogP contribution in [0.25, 0.3) is 0 Å². The third-order valence-electron chi connectivity index (χ3n) is 0.989. The van der Waals surface area contributed by atoms with Crippen LogP contribution in [0.4, 0.5) is 0 Å². The van der Waals surface area contributed by atoms with Gasteiger partial charge in [0.25, 0.3) is 0 Å². The van der Waals surface area contributed by atoms with Crippen molar-refractivity contribution in [2.24, 2.45) is 5.14 Å². The molecule has 1 rings (SSSR count). The first kappa shape index (κ1) is 9.17. The fourth-order valence-corrected chi connectivity index (χ4v) is 1.19. The first-order valence-corrected chi connectivity index (χ1v) is 3.73. The van der Waals surface area contributed by atoms with Crippen molar-refractivity contribution in [1.29, 1.82) is 0 Å². The Morgan fingerprint density at radius 3 is 1.88 bits per heavy atom. The van der Waals surface area contributed by atoms with Crippen molar-refractivity contribution in [1.82, 2.24) is 0 Å². The number of hydrogen-bond donors (Lipinski definition) is 1. The van der Waals surface area contributed by atoms with Crippen LogP contribution in [-0.2, 0) is 10.0 Å². The quantitative estimate of drug-likeness (QED) is 0.519. The molecule has 1 saturated carbocycles. The van der Waals surface area contributed by atoms with E-state index in [1.165, 1.54) is 0 Å². The molecule has 0 radical (unpaired) electrons. The Morgan fingerprint density at radius 1 is 1.50 bits per heavy atom. The van der Waals surface area contributed by atoms with Gasteiger partial charge in [-0.05, 0) is 12.8 Å². The summed E-state index contributed by atoms with van der Waals surface area (Å²) in [4.78, 5) is 0. The van der Waals surface area contributed by atoms with Crippen LogP contribution < -0.4 is 5.14 Å². The summed E-state index contributed by atoms with van der Waals surface area (Å²) in [6.07, 6.45) is 1.53. The molecular formula is C3H9CaNO2S. The summed E-state index contributed by atoms with van der Waals surface area (Å²) in [5.41, 5.74) is 0. The van der Waals surface area contributed by atoms with Gasteiger partial charge in [-0.15, -0.1) is 0 Å². The molecule has 0 unspecified atom stereocenters. The molecule has 0 aromatic heterocycles. The minimum absolute atomic E-state index is 0. The van der Waals surface area contributed by atoms with E-state index in [4.69, 9.17) is 5.14 Å². The molecule has 0 aromatic rings. The summed E-state index contributed by atoms with van der Waals surface area (Å²) < 4.78 is 20.3. The zero-order chi connectivity index (χ0) is 5.49. The van der Waals surface area contributed by atoms with Crippen LogP contribution in [0.5, 0.6) is 0 Å². The molecule has 0 spiro atoms. The molecule has 0 heterocycles.